The van der Waals surface area contributed by atoms with E-state index in [1.165, 1.54) is 19.4 Å². The second kappa shape index (κ2) is 8.51. The number of benzene rings is 1. The minimum Gasteiger partial charge on any atom is -0.338 e. The number of nitrogens with one attached hydrogen (secondary N) is 1. The third-order valence-electron chi connectivity index (χ3n) is 5.94. The summed E-state index contributed by atoms with van der Waals surface area (Å²) in [4.78, 5) is 14.0. The first-order valence-electron chi connectivity index (χ1n) is 10.8. The molecule has 0 unspecified atom stereocenters. The summed E-state index contributed by atoms with van der Waals surface area (Å²) < 4.78 is 28.2. The fourth-order valence-corrected chi connectivity index (χ4v) is 4.84. The molecule has 8 heteroatoms. The summed E-state index contributed by atoms with van der Waals surface area (Å²) in [5.74, 6) is 1.93. The van der Waals surface area contributed by atoms with Crippen LogP contribution < -0.4 is 9.62 Å². The molecule has 2 heterocycles. The molecule has 1 aliphatic heterocycles. The highest BCUT2D eigenvalue weighted by Crippen LogP contribution is 2.30. The first kappa shape index (κ1) is 21.1. The topological polar surface area (TPSA) is 78.4 Å². The van der Waals surface area contributed by atoms with Gasteiger partial charge in [-0.25, -0.2) is 18.4 Å². The zero-order valence-electron chi connectivity index (χ0n) is 18.0. The van der Waals surface area contributed by atoms with E-state index in [1.807, 2.05) is 19.1 Å². The summed E-state index contributed by atoms with van der Waals surface area (Å²) >= 11 is 0. The van der Waals surface area contributed by atoms with Gasteiger partial charge in [0.15, 0.2) is 0 Å². The highest BCUT2D eigenvalue weighted by molar-refractivity contribution is 7.92. The lowest BCUT2D eigenvalue weighted by Gasteiger charge is -2.34. The Kier molecular flexibility index (Phi) is 5.97. The van der Waals surface area contributed by atoms with Gasteiger partial charge in [0.1, 0.15) is 0 Å². The van der Waals surface area contributed by atoms with Crippen molar-refractivity contribution in [1.29, 1.82) is 0 Å². The van der Waals surface area contributed by atoms with E-state index in [1.54, 1.807) is 18.3 Å². The van der Waals surface area contributed by atoms with E-state index in [-0.39, 0.29) is 4.90 Å². The number of hydrogen-bond donors (Lipinski definition) is 1. The first-order valence-corrected chi connectivity index (χ1v) is 12.2. The van der Waals surface area contributed by atoms with Gasteiger partial charge < -0.3 is 4.90 Å². The van der Waals surface area contributed by atoms with Crippen molar-refractivity contribution in [2.24, 2.45) is 5.92 Å². The van der Waals surface area contributed by atoms with Gasteiger partial charge in [0, 0.05) is 32.7 Å². The number of aromatic nitrogens is 2. The SMILES string of the molecule is Cc1nc(N2CCN(CC3CC3)CC2)ncc1NS(=O)(=O)c1ccc(C(C)C)cc1. The number of rotatable bonds is 7. The van der Waals surface area contributed by atoms with Gasteiger partial charge in [-0.15, -0.1) is 0 Å². The van der Waals surface area contributed by atoms with Crippen molar-refractivity contribution in [2.75, 3.05) is 42.3 Å². The number of aryl methyl sites for hydroxylation is 1. The van der Waals surface area contributed by atoms with Crippen LogP contribution in [0.5, 0.6) is 0 Å². The van der Waals surface area contributed by atoms with Gasteiger partial charge >= 0.3 is 0 Å². The quantitative estimate of drug-likeness (QED) is 0.728. The Bertz CT molecular complexity index is 979. The van der Waals surface area contributed by atoms with Crippen LogP contribution in [-0.4, -0.2) is 56.0 Å². The molecule has 7 nitrogen and oxygen atoms in total. The van der Waals surface area contributed by atoms with Crippen molar-refractivity contribution in [2.45, 2.75) is 44.4 Å². The van der Waals surface area contributed by atoms with E-state index in [0.717, 1.165) is 37.7 Å². The van der Waals surface area contributed by atoms with E-state index in [0.29, 0.717) is 23.2 Å². The Hall–Kier alpha value is -2.19. The van der Waals surface area contributed by atoms with Crippen molar-refractivity contribution in [3.8, 4) is 0 Å². The lowest BCUT2D eigenvalue weighted by atomic mass is 10.0. The van der Waals surface area contributed by atoms with Crippen molar-refractivity contribution in [3.63, 3.8) is 0 Å². The van der Waals surface area contributed by atoms with Crippen LogP contribution >= 0.6 is 0 Å². The van der Waals surface area contributed by atoms with E-state index >= 15 is 0 Å². The second-order valence-electron chi connectivity index (χ2n) is 8.73. The van der Waals surface area contributed by atoms with Crippen LogP contribution in [0.3, 0.4) is 0 Å². The first-order chi connectivity index (χ1) is 14.3. The van der Waals surface area contributed by atoms with Crippen LogP contribution in [0.2, 0.25) is 0 Å². The number of anilines is 2. The number of hydrogen-bond acceptors (Lipinski definition) is 6. The molecular weight excluding hydrogens is 398 g/mol. The molecular formula is C22H31N5O2S. The molecule has 0 radical (unpaired) electrons. The third kappa shape index (κ3) is 4.92. The normalized spacial score (nSPS) is 18.1. The standard InChI is InChI=1S/C22H31N5O2S/c1-16(2)19-6-8-20(9-7-19)30(28,29)25-21-14-23-22(24-17(21)3)27-12-10-26(11-13-27)15-18-4-5-18/h6-9,14,16,18,25H,4-5,10-13,15H2,1-3H3. The van der Waals surface area contributed by atoms with Crippen LogP contribution in [0, 0.1) is 12.8 Å². The molecule has 2 aliphatic rings. The van der Waals surface area contributed by atoms with E-state index in [4.69, 9.17) is 0 Å². The van der Waals surface area contributed by atoms with Gasteiger partial charge in [-0.05, 0) is 49.3 Å². The lowest BCUT2D eigenvalue weighted by Crippen LogP contribution is -2.47. The number of sulfonamides is 1. The van der Waals surface area contributed by atoms with Crippen LogP contribution in [-0.2, 0) is 10.0 Å². The number of piperazine rings is 1. The molecule has 1 saturated heterocycles. The predicted molar refractivity (Wildman–Crippen MR) is 119 cm³/mol. The molecule has 1 aromatic heterocycles. The Morgan fingerprint density at radius 1 is 1.10 bits per heavy atom. The summed E-state index contributed by atoms with van der Waals surface area (Å²) in [5.41, 5.74) is 2.15. The van der Waals surface area contributed by atoms with E-state index < -0.39 is 10.0 Å². The Morgan fingerprint density at radius 2 is 1.77 bits per heavy atom. The van der Waals surface area contributed by atoms with Gasteiger partial charge in [-0.1, -0.05) is 26.0 Å². The second-order valence-corrected chi connectivity index (χ2v) is 10.4. The fraction of sp³-hybridized carbons (Fsp3) is 0.545. The summed E-state index contributed by atoms with van der Waals surface area (Å²) in [6.45, 7) is 11.0. The minimum atomic E-state index is -3.68. The van der Waals surface area contributed by atoms with Gasteiger partial charge in [0.2, 0.25) is 5.95 Å². The van der Waals surface area contributed by atoms with Gasteiger partial charge in [-0.3, -0.25) is 9.62 Å². The largest absolute Gasteiger partial charge is 0.338 e. The summed E-state index contributed by atoms with van der Waals surface area (Å²) in [6, 6.07) is 7.00. The smallest absolute Gasteiger partial charge is 0.262 e. The molecule has 1 aliphatic carbocycles. The van der Waals surface area contributed by atoms with Gasteiger partial charge in [0.05, 0.1) is 22.5 Å². The highest BCUT2D eigenvalue weighted by Gasteiger charge is 2.27. The van der Waals surface area contributed by atoms with Gasteiger partial charge in [-0.2, -0.15) is 0 Å². The van der Waals surface area contributed by atoms with Crippen molar-refractivity contribution in [3.05, 3.63) is 41.7 Å². The molecule has 0 bridgehead atoms. The number of nitrogens with zero attached hydrogens (tertiary/aromatic N) is 4. The monoisotopic (exact) mass is 429 g/mol. The third-order valence-corrected chi connectivity index (χ3v) is 7.32. The van der Waals surface area contributed by atoms with E-state index in [9.17, 15) is 8.42 Å². The molecule has 1 saturated carbocycles. The summed E-state index contributed by atoms with van der Waals surface area (Å²) in [5, 5.41) is 0. The average molecular weight is 430 g/mol. The van der Waals surface area contributed by atoms with Crippen LogP contribution in [0.15, 0.2) is 35.4 Å². The Balaban J connectivity index is 1.41. The Labute approximate surface area is 179 Å². The van der Waals surface area contributed by atoms with Crippen LogP contribution in [0.1, 0.15) is 43.9 Å². The summed E-state index contributed by atoms with van der Waals surface area (Å²) in [7, 11) is -3.68. The molecule has 162 valence electrons. The van der Waals surface area contributed by atoms with Crippen molar-refractivity contribution in [1.82, 2.24) is 14.9 Å². The zero-order valence-corrected chi connectivity index (χ0v) is 18.8. The molecule has 30 heavy (non-hydrogen) atoms. The zero-order chi connectivity index (χ0) is 21.3. The van der Waals surface area contributed by atoms with Crippen molar-refractivity contribution < 1.29 is 8.42 Å². The Morgan fingerprint density at radius 3 is 2.33 bits per heavy atom. The average Bonchev–Trinajstić information content (AvgIpc) is 3.54. The molecule has 1 N–H and O–H groups in total. The predicted octanol–water partition coefficient (Wildman–Crippen LogP) is 3.24. The fourth-order valence-electron chi connectivity index (χ4n) is 3.74. The minimum absolute atomic E-state index is 0.238. The molecule has 2 aromatic rings. The molecule has 4 rings (SSSR count). The van der Waals surface area contributed by atoms with Crippen LogP contribution in [0.25, 0.3) is 0 Å². The van der Waals surface area contributed by atoms with Crippen LogP contribution in [0.4, 0.5) is 11.6 Å². The van der Waals surface area contributed by atoms with Gasteiger partial charge in [0.25, 0.3) is 10.0 Å². The summed E-state index contributed by atoms with van der Waals surface area (Å²) in [6.07, 6.45) is 4.33. The van der Waals surface area contributed by atoms with Crippen molar-refractivity contribution >= 4 is 21.7 Å². The maximum atomic E-state index is 12.8. The molecule has 0 spiro atoms. The van der Waals surface area contributed by atoms with E-state index in [2.05, 4.69) is 38.3 Å². The highest BCUT2D eigenvalue weighted by atomic mass is 32.2. The molecule has 0 amide bonds. The maximum Gasteiger partial charge on any atom is 0.262 e. The molecule has 1 aromatic carbocycles. The maximum absolute atomic E-state index is 12.8. The lowest BCUT2D eigenvalue weighted by molar-refractivity contribution is 0.247. The molecule has 2 fully saturated rings. The molecule has 0 atom stereocenters.